The summed E-state index contributed by atoms with van der Waals surface area (Å²) in [7, 11) is -13.3. The van der Waals surface area contributed by atoms with Gasteiger partial charge in [-0.1, -0.05) is 0 Å². The molecular formula is C24H50O15Si8. The van der Waals surface area contributed by atoms with E-state index in [9.17, 15) is 0 Å². The van der Waals surface area contributed by atoms with Crippen LogP contribution in [-0.2, 0) is 66.7 Å². The third kappa shape index (κ3) is 12.1. The zero-order valence-electron chi connectivity index (χ0n) is 27.3. The molecule has 15 nitrogen and oxygen atoms in total. The SMILES string of the molecule is [SiH3]O[SiH2]O[SiH2]O[SiH2]O[SiH](CC1CO1)O[Si](CC1CO1)(CC1CO1)O[Si](CC1CO1)(CC1CO1)O[Si](CC1CO1)(CC1CO1)CC1CO1. The molecule has 0 N–H and O–H groups in total. The zero-order chi connectivity index (χ0) is 31.7. The van der Waals surface area contributed by atoms with Crippen LogP contribution in [-0.4, -0.2) is 177 Å². The predicted molar refractivity (Wildman–Crippen MR) is 184 cm³/mol. The molecule has 0 radical (unpaired) electrons. The van der Waals surface area contributed by atoms with Gasteiger partial charge < -0.3 is 66.7 Å². The van der Waals surface area contributed by atoms with E-state index in [1.807, 2.05) is 0 Å². The van der Waals surface area contributed by atoms with Gasteiger partial charge in [0.25, 0.3) is 30.0 Å². The van der Waals surface area contributed by atoms with Gasteiger partial charge in [-0.3, -0.25) is 0 Å². The highest BCUT2D eigenvalue weighted by Gasteiger charge is 2.62. The Bertz CT molecular complexity index is 962. The van der Waals surface area contributed by atoms with Crippen molar-refractivity contribution in [2.24, 2.45) is 0 Å². The van der Waals surface area contributed by atoms with Crippen LogP contribution in [0, 0.1) is 0 Å². The second-order valence-corrected chi connectivity index (χ2v) is 34.7. The topological polar surface area (TPSA) is 165 Å². The molecule has 268 valence electrons. The monoisotopic (exact) mass is 802 g/mol. The van der Waals surface area contributed by atoms with Gasteiger partial charge in [0, 0.05) is 30.2 Å². The first-order valence-electron chi connectivity index (χ1n) is 17.2. The highest BCUT2D eigenvalue weighted by Crippen LogP contribution is 2.47. The van der Waals surface area contributed by atoms with Crippen molar-refractivity contribution in [3.63, 3.8) is 0 Å². The summed E-state index contributed by atoms with van der Waals surface area (Å²) in [6.07, 6.45) is 1.41. The predicted octanol–water partition coefficient (Wildman–Crippen LogP) is -3.38. The standard InChI is InChI=1S/C24H50O15Si8/c40-33-41-34-42-35-43-36-44(9-17-1-25-17)37-46(13-21-5-29-21,14-22-6-30-22)39-47(15-23-7-31-23,16-24-8-32-24)38-45(10-18-2-26-18,11-19-3-27-19)12-20-4-28-20/h17-24,44H,1-16,41-43H2,40H3. The average molecular weight is 803 g/mol. The summed E-state index contributed by atoms with van der Waals surface area (Å²) in [5.41, 5.74) is 0. The minimum Gasteiger partial charge on any atom is -0.449 e. The fourth-order valence-electron chi connectivity index (χ4n) is 6.74. The Balaban J connectivity index is 1.08. The van der Waals surface area contributed by atoms with Gasteiger partial charge in [-0.15, -0.1) is 0 Å². The molecule has 0 amide bonds. The van der Waals surface area contributed by atoms with Gasteiger partial charge in [-0.05, 0) is 18.1 Å². The quantitative estimate of drug-likeness (QED) is 0.0418. The van der Waals surface area contributed by atoms with E-state index >= 15 is 0 Å². The second-order valence-electron chi connectivity index (χ2n) is 14.3. The molecular weight excluding hydrogens is 753 g/mol. The fourth-order valence-corrected chi connectivity index (χ4v) is 35.8. The van der Waals surface area contributed by atoms with E-state index in [4.69, 9.17) is 66.7 Å². The largest absolute Gasteiger partial charge is 0.449 e. The van der Waals surface area contributed by atoms with Crippen LogP contribution in [0.25, 0.3) is 0 Å². The Morgan fingerprint density at radius 3 is 1.34 bits per heavy atom. The smallest absolute Gasteiger partial charge is 0.325 e. The summed E-state index contributed by atoms with van der Waals surface area (Å²) in [6, 6.07) is 6.61. The molecule has 0 aromatic carbocycles. The average Bonchev–Trinajstić information content (AvgIpc) is 3.81. The molecule has 23 heteroatoms. The lowest BCUT2D eigenvalue weighted by Gasteiger charge is -2.46. The van der Waals surface area contributed by atoms with E-state index in [1.165, 1.54) is 0 Å². The fraction of sp³-hybridized carbons (Fsp3) is 1.00. The molecule has 9 atom stereocenters. The molecule has 8 rings (SSSR count). The number of hydrogen-bond donors (Lipinski definition) is 0. The van der Waals surface area contributed by atoms with Crippen LogP contribution in [0.5, 0.6) is 0 Å². The molecule has 0 saturated carbocycles. The van der Waals surface area contributed by atoms with Gasteiger partial charge in [0.15, 0.2) is 8.32 Å². The molecule has 0 bridgehead atoms. The number of hydrogen-bond acceptors (Lipinski definition) is 15. The van der Waals surface area contributed by atoms with E-state index in [-0.39, 0.29) is 48.8 Å². The number of epoxide rings is 8. The van der Waals surface area contributed by atoms with Crippen molar-refractivity contribution < 1.29 is 66.7 Å². The van der Waals surface area contributed by atoms with Crippen LogP contribution in [0.2, 0.25) is 48.4 Å². The lowest BCUT2D eigenvalue weighted by molar-refractivity contribution is 0.257. The second kappa shape index (κ2) is 15.6. The Labute approximate surface area is 291 Å². The van der Waals surface area contributed by atoms with Crippen LogP contribution in [0.1, 0.15) is 0 Å². The Morgan fingerprint density at radius 1 is 0.511 bits per heavy atom. The van der Waals surface area contributed by atoms with Crippen LogP contribution in [0.4, 0.5) is 0 Å². The molecule has 0 aromatic heterocycles. The minimum atomic E-state index is -3.04. The van der Waals surface area contributed by atoms with Crippen molar-refractivity contribution >= 4 is 75.2 Å². The zero-order valence-corrected chi connectivity index (χ0v) is 37.7. The molecule has 8 aliphatic heterocycles. The molecule has 8 fully saturated rings. The van der Waals surface area contributed by atoms with E-state index < -0.39 is 64.7 Å². The van der Waals surface area contributed by atoms with Crippen molar-refractivity contribution in [1.82, 2.24) is 0 Å². The highest BCUT2D eigenvalue weighted by atomic mass is 28.5. The van der Waals surface area contributed by atoms with Crippen LogP contribution in [0.3, 0.4) is 0 Å². The van der Waals surface area contributed by atoms with Crippen molar-refractivity contribution in [3.8, 4) is 0 Å². The van der Waals surface area contributed by atoms with E-state index in [1.54, 1.807) is 0 Å². The van der Waals surface area contributed by atoms with E-state index in [2.05, 4.69) is 0 Å². The van der Waals surface area contributed by atoms with Crippen LogP contribution in [0.15, 0.2) is 0 Å². The maximum atomic E-state index is 7.90. The van der Waals surface area contributed by atoms with Gasteiger partial charge in [0.05, 0.1) is 102 Å². The lowest BCUT2D eigenvalue weighted by Crippen LogP contribution is -2.63. The molecule has 47 heavy (non-hydrogen) atoms. The minimum absolute atomic E-state index is 0.117. The van der Waals surface area contributed by atoms with E-state index in [0.717, 1.165) is 101 Å². The number of ether oxygens (including phenoxy) is 8. The molecule has 0 aromatic rings. The van der Waals surface area contributed by atoms with Gasteiger partial charge in [-0.2, -0.15) is 0 Å². The lowest BCUT2D eigenvalue weighted by atomic mass is 10.5. The Kier molecular flexibility index (Phi) is 11.7. The van der Waals surface area contributed by atoms with Crippen molar-refractivity contribution in [3.05, 3.63) is 0 Å². The normalized spacial score (nSPS) is 39.3. The van der Waals surface area contributed by atoms with Crippen LogP contribution >= 0.6 is 0 Å². The summed E-state index contributed by atoms with van der Waals surface area (Å²) in [4.78, 5) is 0. The molecule has 8 heterocycles. The molecule has 0 aliphatic carbocycles. The Hall–Kier alpha value is 1.14. The summed E-state index contributed by atoms with van der Waals surface area (Å²) in [5.74, 6) is 0. The van der Waals surface area contributed by atoms with Gasteiger partial charge in [0.2, 0.25) is 0 Å². The third-order valence-electron chi connectivity index (χ3n) is 9.45. The first kappa shape index (κ1) is 35.2. The summed E-state index contributed by atoms with van der Waals surface area (Å²) in [6.45, 7) is 6.06. The van der Waals surface area contributed by atoms with Gasteiger partial charge in [0.1, 0.15) is 10.5 Å². The summed E-state index contributed by atoms with van der Waals surface area (Å²) in [5, 5.41) is 0. The van der Waals surface area contributed by atoms with Crippen molar-refractivity contribution in [2.75, 3.05) is 52.9 Å². The maximum Gasteiger partial charge on any atom is 0.325 e. The van der Waals surface area contributed by atoms with Gasteiger partial charge in [-0.25, -0.2) is 0 Å². The molecule has 9 unspecified atom stereocenters. The first-order chi connectivity index (χ1) is 23.0. The third-order valence-corrected chi connectivity index (χ3v) is 32.9. The summed E-state index contributed by atoms with van der Waals surface area (Å²) < 4.78 is 93.6. The molecule has 8 saturated heterocycles. The summed E-state index contributed by atoms with van der Waals surface area (Å²) >= 11 is 0. The van der Waals surface area contributed by atoms with Gasteiger partial charge >= 0.3 is 26.4 Å². The van der Waals surface area contributed by atoms with E-state index in [0.29, 0.717) is 10.5 Å². The Morgan fingerprint density at radius 2 is 0.915 bits per heavy atom. The highest BCUT2D eigenvalue weighted by molar-refractivity contribution is 6.90. The molecule has 8 aliphatic rings. The number of rotatable bonds is 29. The van der Waals surface area contributed by atoms with Crippen molar-refractivity contribution in [2.45, 2.75) is 97.2 Å². The molecule has 0 spiro atoms. The first-order valence-corrected chi connectivity index (χ1v) is 30.3. The van der Waals surface area contributed by atoms with Crippen LogP contribution < -0.4 is 0 Å². The van der Waals surface area contributed by atoms with Crippen molar-refractivity contribution in [1.29, 1.82) is 0 Å². The maximum absolute atomic E-state index is 7.90.